The van der Waals surface area contributed by atoms with E-state index < -0.39 is 0 Å². The van der Waals surface area contributed by atoms with E-state index in [9.17, 15) is 4.79 Å². The standard InChI is InChI=1S/C26H23Cl2NO2/c27-20-8-4-17(5-9-20)16-26(12-13-26)29-25(30)23-15-21(28)10-11-24(23)31-22-3-1-2-19(14-22)18-6-7-18/h1-5,8-11,14-15,18H,6-7,12-13,16H2,(H,29,30). The lowest BCUT2D eigenvalue weighted by Crippen LogP contribution is -2.38. The molecule has 2 fully saturated rings. The molecule has 5 rings (SSSR count). The van der Waals surface area contributed by atoms with Gasteiger partial charge < -0.3 is 10.1 Å². The van der Waals surface area contributed by atoms with Gasteiger partial charge in [-0.3, -0.25) is 4.79 Å². The average Bonchev–Trinajstić information content (AvgIpc) is 3.68. The Kier molecular flexibility index (Phi) is 5.41. The lowest BCUT2D eigenvalue weighted by Gasteiger charge is -2.19. The summed E-state index contributed by atoms with van der Waals surface area (Å²) in [6.07, 6.45) is 5.13. The normalized spacial score (nSPS) is 16.6. The Morgan fingerprint density at radius 1 is 0.968 bits per heavy atom. The van der Waals surface area contributed by atoms with Crippen LogP contribution in [0.25, 0.3) is 0 Å². The highest BCUT2D eigenvalue weighted by Gasteiger charge is 2.44. The van der Waals surface area contributed by atoms with Crippen LogP contribution in [0.3, 0.4) is 0 Å². The van der Waals surface area contributed by atoms with Crippen molar-refractivity contribution < 1.29 is 9.53 Å². The molecule has 3 nitrogen and oxygen atoms in total. The van der Waals surface area contributed by atoms with E-state index in [1.165, 1.54) is 18.4 Å². The molecule has 0 aliphatic heterocycles. The number of nitrogens with one attached hydrogen (secondary N) is 1. The van der Waals surface area contributed by atoms with Gasteiger partial charge in [0, 0.05) is 15.6 Å². The van der Waals surface area contributed by atoms with Gasteiger partial charge in [-0.05, 0) is 91.6 Å². The highest BCUT2D eigenvalue weighted by Crippen LogP contribution is 2.42. The molecule has 3 aromatic rings. The van der Waals surface area contributed by atoms with Crippen LogP contribution in [0.5, 0.6) is 11.5 Å². The first-order chi connectivity index (χ1) is 15.0. The molecule has 1 amide bonds. The fourth-order valence-electron chi connectivity index (χ4n) is 3.94. The lowest BCUT2D eigenvalue weighted by atomic mass is 10.0. The summed E-state index contributed by atoms with van der Waals surface area (Å²) in [6, 6.07) is 21.1. The van der Waals surface area contributed by atoms with Crippen LogP contribution in [0.15, 0.2) is 66.7 Å². The van der Waals surface area contributed by atoms with Crippen molar-refractivity contribution in [1.29, 1.82) is 0 Å². The summed E-state index contributed by atoms with van der Waals surface area (Å²) in [6.45, 7) is 0. The molecule has 1 N–H and O–H groups in total. The maximum Gasteiger partial charge on any atom is 0.255 e. The Hall–Kier alpha value is -2.49. The summed E-state index contributed by atoms with van der Waals surface area (Å²) >= 11 is 12.2. The number of hydrogen-bond acceptors (Lipinski definition) is 2. The third-order valence-corrected chi connectivity index (χ3v) is 6.50. The van der Waals surface area contributed by atoms with Gasteiger partial charge in [-0.15, -0.1) is 0 Å². The van der Waals surface area contributed by atoms with Gasteiger partial charge in [0.1, 0.15) is 11.5 Å². The molecule has 0 radical (unpaired) electrons. The SMILES string of the molecule is O=C(NC1(Cc2ccc(Cl)cc2)CC1)c1cc(Cl)ccc1Oc1cccc(C2CC2)c1. The third kappa shape index (κ3) is 4.89. The smallest absolute Gasteiger partial charge is 0.255 e. The van der Waals surface area contributed by atoms with E-state index in [-0.39, 0.29) is 11.4 Å². The molecular formula is C26H23Cl2NO2. The monoisotopic (exact) mass is 451 g/mol. The quantitative estimate of drug-likeness (QED) is 0.413. The molecule has 3 aromatic carbocycles. The lowest BCUT2D eigenvalue weighted by molar-refractivity contribution is 0.0929. The van der Waals surface area contributed by atoms with E-state index >= 15 is 0 Å². The second-order valence-corrected chi connectivity index (χ2v) is 9.50. The fraction of sp³-hybridized carbons (Fsp3) is 0.269. The second-order valence-electron chi connectivity index (χ2n) is 8.63. The number of carbonyl (C=O) groups is 1. The average molecular weight is 452 g/mol. The first-order valence-corrected chi connectivity index (χ1v) is 11.4. The molecule has 2 aliphatic carbocycles. The first kappa shape index (κ1) is 20.4. The van der Waals surface area contributed by atoms with Gasteiger partial charge in [-0.25, -0.2) is 0 Å². The number of halogens is 2. The minimum atomic E-state index is -0.226. The van der Waals surface area contributed by atoms with E-state index in [2.05, 4.69) is 17.4 Å². The van der Waals surface area contributed by atoms with Gasteiger partial charge >= 0.3 is 0 Å². The van der Waals surface area contributed by atoms with Gasteiger partial charge in [0.2, 0.25) is 0 Å². The second kappa shape index (κ2) is 8.22. The van der Waals surface area contributed by atoms with E-state index in [0.717, 1.165) is 30.6 Å². The Labute approximate surface area is 192 Å². The number of amides is 1. The zero-order chi connectivity index (χ0) is 21.4. The van der Waals surface area contributed by atoms with E-state index in [1.807, 2.05) is 36.4 Å². The molecule has 0 aromatic heterocycles. The molecule has 2 aliphatic rings. The van der Waals surface area contributed by atoms with Crippen molar-refractivity contribution in [3.8, 4) is 11.5 Å². The van der Waals surface area contributed by atoms with Crippen LogP contribution in [0.4, 0.5) is 0 Å². The van der Waals surface area contributed by atoms with Crippen molar-refractivity contribution >= 4 is 29.1 Å². The Morgan fingerprint density at radius 2 is 1.71 bits per heavy atom. The van der Waals surface area contributed by atoms with Gasteiger partial charge in [0.15, 0.2) is 0 Å². The Bertz CT molecular complexity index is 1120. The van der Waals surface area contributed by atoms with E-state index in [0.29, 0.717) is 27.3 Å². The minimum Gasteiger partial charge on any atom is -0.457 e. The Morgan fingerprint density at radius 3 is 2.42 bits per heavy atom. The molecule has 0 spiro atoms. The zero-order valence-electron chi connectivity index (χ0n) is 17.0. The molecule has 0 heterocycles. The molecule has 0 bridgehead atoms. The molecule has 0 unspecified atom stereocenters. The topological polar surface area (TPSA) is 38.3 Å². The van der Waals surface area contributed by atoms with Crippen LogP contribution in [0.2, 0.25) is 10.0 Å². The molecule has 158 valence electrons. The van der Waals surface area contributed by atoms with Crippen LogP contribution in [0.1, 0.15) is 53.1 Å². The molecule has 2 saturated carbocycles. The molecule has 5 heteroatoms. The zero-order valence-corrected chi connectivity index (χ0v) is 18.5. The van der Waals surface area contributed by atoms with Gasteiger partial charge in [-0.1, -0.05) is 47.5 Å². The van der Waals surface area contributed by atoms with Crippen molar-refractivity contribution in [2.24, 2.45) is 0 Å². The third-order valence-electron chi connectivity index (χ3n) is 6.01. The molecule has 0 atom stereocenters. The van der Waals surface area contributed by atoms with Gasteiger partial charge in [0.05, 0.1) is 5.56 Å². The summed E-state index contributed by atoms with van der Waals surface area (Å²) in [7, 11) is 0. The molecule has 31 heavy (non-hydrogen) atoms. The summed E-state index contributed by atoms with van der Waals surface area (Å²) in [5.74, 6) is 1.72. The van der Waals surface area contributed by atoms with Crippen molar-refractivity contribution in [3.05, 3.63) is 93.5 Å². The minimum absolute atomic E-state index is 0.165. The predicted octanol–water partition coefficient (Wildman–Crippen LogP) is 7.17. The van der Waals surface area contributed by atoms with Crippen LogP contribution in [-0.2, 0) is 6.42 Å². The highest BCUT2D eigenvalue weighted by atomic mass is 35.5. The largest absolute Gasteiger partial charge is 0.457 e. The maximum absolute atomic E-state index is 13.2. The van der Waals surface area contributed by atoms with Crippen LogP contribution in [-0.4, -0.2) is 11.4 Å². The van der Waals surface area contributed by atoms with Gasteiger partial charge in [-0.2, -0.15) is 0 Å². The predicted molar refractivity (Wildman–Crippen MR) is 125 cm³/mol. The van der Waals surface area contributed by atoms with Crippen LogP contribution < -0.4 is 10.1 Å². The summed E-state index contributed by atoms with van der Waals surface area (Å²) in [4.78, 5) is 13.2. The Balaban J connectivity index is 1.34. The van der Waals surface area contributed by atoms with Crippen LogP contribution in [0, 0.1) is 0 Å². The number of ether oxygens (including phenoxy) is 1. The van der Waals surface area contributed by atoms with E-state index in [4.69, 9.17) is 27.9 Å². The number of carbonyl (C=O) groups excluding carboxylic acids is 1. The summed E-state index contributed by atoms with van der Waals surface area (Å²) in [5.41, 5.74) is 2.67. The van der Waals surface area contributed by atoms with Crippen molar-refractivity contribution in [2.45, 2.75) is 43.6 Å². The maximum atomic E-state index is 13.2. The fourth-order valence-corrected chi connectivity index (χ4v) is 4.24. The van der Waals surface area contributed by atoms with E-state index in [1.54, 1.807) is 18.2 Å². The van der Waals surface area contributed by atoms with Crippen molar-refractivity contribution in [1.82, 2.24) is 5.32 Å². The van der Waals surface area contributed by atoms with Crippen molar-refractivity contribution in [2.75, 3.05) is 0 Å². The molecular weight excluding hydrogens is 429 g/mol. The van der Waals surface area contributed by atoms with Crippen molar-refractivity contribution in [3.63, 3.8) is 0 Å². The van der Waals surface area contributed by atoms with Gasteiger partial charge in [0.25, 0.3) is 5.91 Å². The highest BCUT2D eigenvalue weighted by molar-refractivity contribution is 6.31. The number of hydrogen-bond donors (Lipinski definition) is 1. The first-order valence-electron chi connectivity index (χ1n) is 10.6. The van der Waals surface area contributed by atoms with Crippen LogP contribution >= 0.6 is 23.2 Å². The molecule has 0 saturated heterocycles. The number of benzene rings is 3. The summed E-state index contributed by atoms with van der Waals surface area (Å²) < 4.78 is 6.14. The number of rotatable bonds is 7. The summed E-state index contributed by atoms with van der Waals surface area (Å²) in [5, 5.41) is 4.45.